The zero-order valence-corrected chi connectivity index (χ0v) is 10.00. The second kappa shape index (κ2) is 5.31. The van der Waals surface area contributed by atoms with Crippen LogP contribution in [0.4, 0.5) is 5.69 Å². The van der Waals surface area contributed by atoms with Crippen molar-refractivity contribution < 1.29 is 9.90 Å². The number of nitrogens with one attached hydrogen (secondary N) is 1. The molecular weight excluding hydrogens is 228 g/mol. The first-order valence-electron chi connectivity index (χ1n) is 5.68. The number of aromatic nitrogens is 1. The van der Waals surface area contributed by atoms with Crippen LogP contribution in [-0.2, 0) is 0 Å². The standard InChI is InChI=1S/C14H14N2O2/c1-10(15-11-6-3-2-4-7-11)12-8-5-9-13(16-12)14(17)18/h2-10,15H,1H3,(H,17,18). The molecule has 0 fully saturated rings. The van der Waals surface area contributed by atoms with Gasteiger partial charge in [-0.3, -0.25) is 0 Å². The molecule has 0 saturated carbocycles. The molecule has 1 atom stereocenters. The van der Waals surface area contributed by atoms with Gasteiger partial charge < -0.3 is 10.4 Å². The Balaban J connectivity index is 2.16. The summed E-state index contributed by atoms with van der Waals surface area (Å²) in [7, 11) is 0. The van der Waals surface area contributed by atoms with Crippen LogP contribution >= 0.6 is 0 Å². The fraction of sp³-hybridized carbons (Fsp3) is 0.143. The van der Waals surface area contributed by atoms with Gasteiger partial charge in [-0.15, -0.1) is 0 Å². The number of carboxylic acids is 1. The quantitative estimate of drug-likeness (QED) is 0.865. The fourth-order valence-corrected chi connectivity index (χ4v) is 1.67. The van der Waals surface area contributed by atoms with E-state index >= 15 is 0 Å². The predicted molar refractivity (Wildman–Crippen MR) is 69.7 cm³/mol. The van der Waals surface area contributed by atoms with E-state index in [1.165, 1.54) is 6.07 Å². The number of pyridine rings is 1. The summed E-state index contributed by atoms with van der Waals surface area (Å²) in [5.41, 5.74) is 1.75. The third-order valence-corrected chi connectivity index (χ3v) is 2.59. The maximum atomic E-state index is 10.9. The van der Waals surface area contributed by atoms with Crippen LogP contribution in [0, 0.1) is 0 Å². The lowest BCUT2D eigenvalue weighted by Crippen LogP contribution is -2.11. The van der Waals surface area contributed by atoms with Crippen molar-refractivity contribution >= 4 is 11.7 Å². The number of para-hydroxylation sites is 1. The molecule has 0 saturated heterocycles. The monoisotopic (exact) mass is 242 g/mol. The lowest BCUT2D eigenvalue weighted by Gasteiger charge is -2.14. The molecule has 2 aromatic rings. The molecule has 0 aliphatic heterocycles. The van der Waals surface area contributed by atoms with Gasteiger partial charge >= 0.3 is 5.97 Å². The smallest absolute Gasteiger partial charge is 0.354 e. The van der Waals surface area contributed by atoms with Crippen molar-refractivity contribution in [2.24, 2.45) is 0 Å². The largest absolute Gasteiger partial charge is 0.477 e. The summed E-state index contributed by atoms with van der Waals surface area (Å²) < 4.78 is 0. The van der Waals surface area contributed by atoms with E-state index in [4.69, 9.17) is 5.11 Å². The number of rotatable bonds is 4. The molecule has 0 spiro atoms. The van der Waals surface area contributed by atoms with Gasteiger partial charge in [-0.05, 0) is 31.2 Å². The lowest BCUT2D eigenvalue weighted by atomic mass is 10.2. The molecule has 2 rings (SSSR count). The maximum absolute atomic E-state index is 10.9. The van der Waals surface area contributed by atoms with E-state index in [2.05, 4.69) is 10.3 Å². The Morgan fingerprint density at radius 1 is 1.17 bits per heavy atom. The molecule has 1 heterocycles. The molecule has 92 valence electrons. The van der Waals surface area contributed by atoms with E-state index in [-0.39, 0.29) is 11.7 Å². The highest BCUT2D eigenvalue weighted by molar-refractivity contribution is 5.85. The zero-order chi connectivity index (χ0) is 13.0. The Labute approximate surface area is 105 Å². The lowest BCUT2D eigenvalue weighted by molar-refractivity contribution is 0.0690. The third kappa shape index (κ3) is 2.85. The maximum Gasteiger partial charge on any atom is 0.354 e. The molecule has 1 unspecified atom stereocenters. The molecular formula is C14H14N2O2. The van der Waals surface area contributed by atoms with Crippen molar-refractivity contribution in [1.29, 1.82) is 0 Å². The Hall–Kier alpha value is -2.36. The first-order valence-corrected chi connectivity index (χ1v) is 5.68. The van der Waals surface area contributed by atoms with E-state index in [0.717, 1.165) is 5.69 Å². The van der Waals surface area contributed by atoms with Gasteiger partial charge in [0.15, 0.2) is 0 Å². The van der Waals surface area contributed by atoms with Crippen LogP contribution in [0.2, 0.25) is 0 Å². The van der Waals surface area contributed by atoms with Crippen LogP contribution in [0.1, 0.15) is 29.1 Å². The van der Waals surface area contributed by atoms with Gasteiger partial charge in [0.1, 0.15) is 5.69 Å². The van der Waals surface area contributed by atoms with Crippen molar-refractivity contribution in [1.82, 2.24) is 4.98 Å². The molecule has 1 aromatic heterocycles. The summed E-state index contributed by atoms with van der Waals surface area (Å²) in [5, 5.41) is 12.2. The number of carbonyl (C=O) groups is 1. The van der Waals surface area contributed by atoms with Crippen LogP contribution in [0.5, 0.6) is 0 Å². The van der Waals surface area contributed by atoms with Crippen molar-refractivity contribution in [2.45, 2.75) is 13.0 Å². The molecule has 0 aliphatic carbocycles. The van der Waals surface area contributed by atoms with Crippen molar-refractivity contribution in [3.63, 3.8) is 0 Å². The first-order chi connectivity index (χ1) is 8.66. The highest BCUT2D eigenvalue weighted by atomic mass is 16.4. The predicted octanol–water partition coefficient (Wildman–Crippen LogP) is 2.95. The van der Waals surface area contributed by atoms with E-state index in [0.29, 0.717) is 5.69 Å². The topological polar surface area (TPSA) is 62.2 Å². The summed E-state index contributed by atoms with van der Waals surface area (Å²) in [6.45, 7) is 1.95. The Bertz CT molecular complexity index is 541. The number of nitrogens with zero attached hydrogens (tertiary/aromatic N) is 1. The Morgan fingerprint density at radius 2 is 1.89 bits per heavy atom. The van der Waals surface area contributed by atoms with Crippen LogP contribution < -0.4 is 5.32 Å². The minimum atomic E-state index is -1.01. The molecule has 18 heavy (non-hydrogen) atoms. The second-order valence-electron chi connectivity index (χ2n) is 3.98. The van der Waals surface area contributed by atoms with Gasteiger partial charge in [-0.2, -0.15) is 0 Å². The van der Waals surface area contributed by atoms with E-state index in [1.807, 2.05) is 43.3 Å². The summed E-state index contributed by atoms with van der Waals surface area (Å²) >= 11 is 0. The molecule has 2 N–H and O–H groups in total. The van der Waals surface area contributed by atoms with Crippen molar-refractivity contribution in [2.75, 3.05) is 5.32 Å². The highest BCUT2D eigenvalue weighted by Gasteiger charge is 2.10. The summed E-state index contributed by atoms with van der Waals surface area (Å²) in [4.78, 5) is 15.0. The molecule has 0 aliphatic rings. The fourth-order valence-electron chi connectivity index (χ4n) is 1.67. The van der Waals surface area contributed by atoms with Crippen LogP contribution in [0.15, 0.2) is 48.5 Å². The number of hydrogen-bond donors (Lipinski definition) is 2. The Morgan fingerprint density at radius 3 is 2.56 bits per heavy atom. The van der Waals surface area contributed by atoms with Gasteiger partial charge in [0, 0.05) is 5.69 Å². The van der Waals surface area contributed by atoms with E-state index < -0.39 is 5.97 Å². The van der Waals surface area contributed by atoms with Gasteiger partial charge in [0.25, 0.3) is 0 Å². The number of benzene rings is 1. The minimum Gasteiger partial charge on any atom is -0.477 e. The number of aromatic carboxylic acids is 1. The molecule has 0 bridgehead atoms. The van der Waals surface area contributed by atoms with Crippen LogP contribution in [0.3, 0.4) is 0 Å². The SMILES string of the molecule is CC(Nc1ccccc1)c1cccc(C(=O)O)n1. The van der Waals surface area contributed by atoms with Crippen molar-refractivity contribution in [3.05, 3.63) is 59.9 Å². The zero-order valence-electron chi connectivity index (χ0n) is 10.00. The highest BCUT2D eigenvalue weighted by Crippen LogP contribution is 2.17. The van der Waals surface area contributed by atoms with Gasteiger partial charge in [-0.1, -0.05) is 24.3 Å². The summed E-state index contributed by atoms with van der Waals surface area (Å²) in [5.74, 6) is -1.01. The molecule has 4 heteroatoms. The summed E-state index contributed by atoms with van der Waals surface area (Å²) in [6.07, 6.45) is 0. The average molecular weight is 242 g/mol. The van der Waals surface area contributed by atoms with Crippen molar-refractivity contribution in [3.8, 4) is 0 Å². The average Bonchev–Trinajstić information content (AvgIpc) is 2.40. The van der Waals surface area contributed by atoms with Crippen LogP contribution in [0.25, 0.3) is 0 Å². The second-order valence-corrected chi connectivity index (χ2v) is 3.98. The molecule has 1 aromatic carbocycles. The van der Waals surface area contributed by atoms with Gasteiger partial charge in [0.05, 0.1) is 11.7 Å². The van der Waals surface area contributed by atoms with Gasteiger partial charge in [-0.25, -0.2) is 9.78 Å². The van der Waals surface area contributed by atoms with Gasteiger partial charge in [0.2, 0.25) is 0 Å². The summed E-state index contributed by atoms with van der Waals surface area (Å²) in [6, 6.07) is 14.7. The molecule has 0 radical (unpaired) electrons. The molecule has 4 nitrogen and oxygen atoms in total. The Kier molecular flexibility index (Phi) is 3.57. The number of anilines is 1. The third-order valence-electron chi connectivity index (χ3n) is 2.59. The number of carboxylic acid groups (broad SMARTS) is 1. The normalized spacial score (nSPS) is 11.8. The van der Waals surface area contributed by atoms with E-state index in [9.17, 15) is 4.79 Å². The molecule has 0 amide bonds. The van der Waals surface area contributed by atoms with Crippen LogP contribution in [-0.4, -0.2) is 16.1 Å². The minimum absolute atomic E-state index is 0.0494. The van der Waals surface area contributed by atoms with E-state index in [1.54, 1.807) is 6.07 Å². The number of hydrogen-bond acceptors (Lipinski definition) is 3. The first kappa shape index (κ1) is 12.1.